The van der Waals surface area contributed by atoms with Gasteiger partial charge in [0.25, 0.3) is 0 Å². The van der Waals surface area contributed by atoms with Crippen molar-refractivity contribution in [2.75, 3.05) is 6.61 Å². The molecule has 0 aromatic rings. The second-order valence-electron chi connectivity index (χ2n) is 40.0. The van der Waals surface area contributed by atoms with Crippen molar-refractivity contribution in [3.05, 3.63) is 157 Å². The minimum atomic E-state index is -4.73. The molecule has 858 valence electrons. The van der Waals surface area contributed by atoms with Gasteiger partial charge in [0.1, 0.15) is 97.7 Å². The van der Waals surface area contributed by atoms with Crippen molar-refractivity contribution < 1.29 is 245 Å². The first-order valence-corrected chi connectivity index (χ1v) is 52.5. The van der Waals surface area contributed by atoms with Gasteiger partial charge in [0.2, 0.25) is 10.4 Å². The zero-order chi connectivity index (χ0) is 112. The predicted octanol–water partition coefficient (Wildman–Crippen LogP) is -7.01. The van der Waals surface area contributed by atoms with Gasteiger partial charge in [-0.1, -0.05) is 160 Å². The molecular formula is C104H177NaO43S. The molecule has 0 aromatic heterocycles. The SMILES string of the molecule is C=CCCC(O)/C=C/C=C/C(O)CC/C=C/C(O)[C@H](O)[C@@H]1O[C@@H](C(O)C(O)C(=C)CCC(O)[C@H]2C[C@@H](O)[C@@H](O)[C@H](C(O)C(O)/C=C(\C)CCC(O)CC(O)C(O)C(C)C(O)C(O)C/C=C/CC(O)/C=C/CC(O)CC/C=C/C(O)C(O)CC(O)C(O)C(O)C(=C)CCC(O)[C@H]3C[C@@H](O)[C@@H](O)[C@H](C(O)C(O)/C=C(\C)CCC(O)CC(O)C(O)C(C)C(O)C(O)C/C=C/CC(O)/C=C/CCCCCOS(=O)(=O)[O-])O3)O2)C[C@@H](O)[C@H]1O.[Na+]. The Kier molecular flexibility index (Phi) is 70.3. The number of hydrogen-bond acceptors (Lipinski definition) is 43. The Labute approximate surface area is 896 Å². The molecule has 3 heterocycles. The molecule has 0 bridgehead atoms. The van der Waals surface area contributed by atoms with E-state index < -0.39 is 298 Å². The summed E-state index contributed by atoms with van der Waals surface area (Å²) in [5.41, 5.74) is 0.652. The number of hydrogen-bond donors (Lipinski definition) is 36. The molecule has 43 nitrogen and oxygen atoms in total. The summed E-state index contributed by atoms with van der Waals surface area (Å²) in [7, 11) is -4.73. The predicted molar refractivity (Wildman–Crippen MR) is 539 cm³/mol. The molecule has 3 aliphatic rings. The number of unbranched alkanes of at least 4 members (excludes halogenated alkanes) is 3. The van der Waals surface area contributed by atoms with Gasteiger partial charge in [0, 0.05) is 50.4 Å². The van der Waals surface area contributed by atoms with Crippen LogP contribution in [0.1, 0.15) is 214 Å². The monoisotopic (exact) mass is 2170 g/mol. The first-order chi connectivity index (χ1) is 69.4. The fraction of sp³-hybridized carbons (Fsp3) is 0.750. The van der Waals surface area contributed by atoms with Crippen molar-refractivity contribution in [2.45, 2.75) is 470 Å². The fourth-order valence-corrected chi connectivity index (χ4v) is 17.6. The number of rotatable bonds is 76. The van der Waals surface area contributed by atoms with Crippen molar-refractivity contribution >= 4 is 10.4 Å². The normalized spacial score (nSPS) is 27.4. The summed E-state index contributed by atoms with van der Waals surface area (Å²) in [5, 5.41) is 389. The maximum absolute atomic E-state index is 11.2. The quantitative estimate of drug-likeness (QED) is 0.00672. The van der Waals surface area contributed by atoms with Gasteiger partial charge in [-0.3, -0.25) is 4.18 Å². The standard InChI is InChI=1S/C104H178O43S.Na/c1-8-9-26-63(105)28-14-15-29-65(107)31-19-23-39-75(117)95(134)102-100(139)84(126)56-87(147-102)101(140)89(128)60(5)43-47-72(114)86-55-83(125)99(138)104(146-86)97(136)78(120)50-58(3)41-45-69(111)52-80(122)93(132)62(7)91(130)74(116)38-22-18-33-67(109)35-25-34-66(108)32-16-20-36-70(112)76(118)53-81(123)94(133)88(127)59(4)42-46-71(113)85-54-82(124)98(137)103(145-85)96(135)77(119)49-57(2)40-44-68(110)51-79(121)92(131)61(6)90(129)73(115)37-21-17-30-64(106)27-13-11-10-12-24-48-144-148(141,142)143;/h8,13-15,17-18,20-23,25,27-29,35-36,39,49-50,61-140H,1,4-5,9-12,16,19,24,26,30-34,37-38,40-48,51-56H2,2-3,6-7H3,(H,141,142,143);/q;+1/p-1/b21-17+,22-18+,27-13+,28-14+,29-15+,35-25+,36-20+,39-23+,57-49+,58-50+;/t61?,62?,63?,64?,65?,66?,67?,68?,69?,70?,71?,72?,73?,74?,75?,76?,77?,78?,79?,80?,81?,82-,83-,84-,85-,86-,87-,88?,89?,90?,91?,92?,93?,94?,95+,96?,97?,98-,99-,100-,101?,102+,103+,104+;/m1./s1. The zero-order valence-corrected chi connectivity index (χ0v) is 88.9. The van der Waals surface area contributed by atoms with Crippen LogP contribution in [-0.4, -0.2) is 460 Å². The minimum absolute atomic E-state index is 0. The van der Waals surface area contributed by atoms with Gasteiger partial charge in [0.15, 0.2) is 0 Å². The van der Waals surface area contributed by atoms with Crippen molar-refractivity contribution in [1.29, 1.82) is 0 Å². The number of allylic oxidation sites excluding steroid dienone is 8. The van der Waals surface area contributed by atoms with Crippen LogP contribution in [0.3, 0.4) is 0 Å². The Balaban J connectivity index is 0.0000750. The Morgan fingerprint density at radius 3 is 1.18 bits per heavy atom. The van der Waals surface area contributed by atoms with E-state index in [1.54, 1.807) is 49.5 Å². The van der Waals surface area contributed by atoms with E-state index in [4.69, 9.17) is 14.2 Å². The van der Waals surface area contributed by atoms with Crippen LogP contribution < -0.4 is 29.6 Å². The molecule has 0 radical (unpaired) electrons. The van der Waals surface area contributed by atoms with Gasteiger partial charge < -0.3 is 203 Å². The average Bonchev–Trinajstić information content (AvgIpc) is 0.829. The third kappa shape index (κ3) is 53.4. The third-order valence-electron chi connectivity index (χ3n) is 27.2. The molecule has 0 amide bonds. The molecule has 45 heteroatoms. The van der Waals surface area contributed by atoms with Crippen molar-refractivity contribution in [1.82, 2.24) is 0 Å². The third-order valence-corrected chi connectivity index (χ3v) is 27.7. The Morgan fingerprint density at radius 2 is 0.738 bits per heavy atom. The van der Waals surface area contributed by atoms with E-state index in [2.05, 4.69) is 23.9 Å². The molecule has 36 N–H and O–H groups in total. The molecule has 3 fully saturated rings. The number of aliphatic hydroxyl groups excluding tert-OH is 36. The maximum Gasteiger partial charge on any atom is 1.00 e. The summed E-state index contributed by atoms with van der Waals surface area (Å²) >= 11 is 0. The smallest absolute Gasteiger partial charge is 0.726 e. The van der Waals surface area contributed by atoms with Gasteiger partial charge in [0.05, 0.1) is 165 Å². The summed E-state index contributed by atoms with van der Waals surface area (Å²) < 4.78 is 53.0. The summed E-state index contributed by atoms with van der Waals surface area (Å²) in [4.78, 5) is 0. The van der Waals surface area contributed by atoms with E-state index in [0.717, 1.165) is 0 Å². The van der Waals surface area contributed by atoms with Crippen molar-refractivity contribution in [3.63, 3.8) is 0 Å². The summed E-state index contributed by atoms with van der Waals surface area (Å²) in [6.07, 6.45) is -35.5. The fourth-order valence-electron chi connectivity index (χ4n) is 17.3. The summed E-state index contributed by atoms with van der Waals surface area (Å²) in [6, 6.07) is 0. The van der Waals surface area contributed by atoms with Crippen LogP contribution in [0.4, 0.5) is 0 Å². The van der Waals surface area contributed by atoms with Crippen LogP contribution in [-0.2, 0) is 28.8 Å². The van der Waals surface area contributed by atoms with Crippen molar-refractivity contribution in [2.24, 2.45) is 11.8 Å². The van der Waals surface area contributed by atoms with Gasteiger partial charge in [-0.15, -0.1) is 6.58 Å². The second kappa shape index (κ2) is 74.3. The van der Waals surface area contributed by atoms with Crippen molar-refractivity contribution in [3.8, 4) is 0 Å². The van der Waals surface area contributed by atoms with E-state index in [0.29, 0.717) is 49.7 Å². The first-order valence-electron chi connectivity index (χ1n) is 51.1. The molecule has 3 rings (SSSR count). The van der Waals surface area contributed by atoms with E-state index in [9.17, 15) is 197 Å². The van der Waals surface area contributed by atoms with Crippen LogP contribution >= 0.6 is 0 Å². The molecule has 3 aliphatic heterocycles. The van der Waals surface area contributed by atoms with E-state index in [1.165, 1.54) is 93.7 Å². The van der Waals surface area contributed by atoms with E-state index >= 15 is 0 Å². The van der Waals surface area contributed by atoms with Crippen LogP contribution in [0.25, 0.3) is 0 Å². The largest absolute Gasteiger partial charge is 1.00 e. The molecule has 0 saturated carbocycles. The average molecular weight is 2170 g/mol. The van der Waals surface area contributed by atoms with Crippen LogP contribution in [0.5, 0.6) is 0 Å². The molecule has 3 saturated heterocycles. The molecule has 0 spiro atoms. The molecule has 0 aliphatic carbocycles. The van der Waals surface area contributed by atoms with Gasteiger partial charge in [-0.25, -0.2) is 8.42 Å². The molecule has 149 heavy (non-hydrogen) atoms. The number of aliphatic hydroxyl groups is 36. The maximum atomic E-state index is 11.2. The molecule has 31 unspecified atom stereocenters. The van der Waals surface area contributed by atoms with Gasteiger partial charge >= 0.3 is 29.6 Å². The Bertz CT molecular complexity index is 4090. The zero-order valence-electron chi connectivity index (χ0n) is 86.1. The van der Waals surface area contributed by atoms with Crippen LogP contribution in [0.2, 0.25) is 0 Å². The van der Waals surface area contributed by atoms with Crippen LogP contribution in [0.15, 0.2) is 157 Å². The Hall–Kier alpha value is -4.07. The minimum Gasteiger partial charge on any atom is -0.726 e. The first kappa shape index (κ1) is 141. The molecule has 0 aromatic carbocycles. The van der Waals surface area contributed by atoms with E-state index in [-0.39, 0.29) is 176 Å². The topological polar surface area (TPSA) is 822 Å². The van der Waals surface area contributed by atoms with Crippen LogP contribution in [0, 0.1) is 11.8 Å². The van der Waals surface area contributed by atoms with E-state index in [1.807, 2.05) is 0 Å². The Morgan fingerprint density at radius 1 is 0.362 bits per heavy atom. The second-order valence-corrected chi connectivity index (χ2v) is 41.0. The molecule has 44 atom stereocenters. The van der Waals surface area contributed by atoms with Gasteiger partial charge in [-0.2, -0.15) is 0 Å². The summed E-state index contributed by atoms with van der Waals surface area (Å²) in [6.45, 7) is 16.8. The van der Waals surface area contributed by atoms with Gasteiger partial charge in [-0.05, 0) is 166 Å². The number of ether oxygens (including phenoxy) is 3. The summed E-state index contributed by atoms with van der Waals surface area (Å²) in [5.74, 6) is -2.21. The molecular weight excluding hydrogens is 1990 g/mol.